The molecule has 0 radical (unpaired) electrons. The predicted octanol–water partition coefficient (Wildman–Crippen LogP) is 5.57. The third-order valence-electron chi connectivity index (χ3n) is 9.92. The minimum Gasteiger partial charge on any atom is -0.486 e. The zero-order chi connectivity index (χ0) is 35.1. The van der Waals surface area contributed by atoms with E-state index in [1.54, 1.807) is 0 Å². The number of rotatable bonds is 8. The lowest BCUT2D eigenvalue weighted by molar-refractivity contribution is -0.157. The summed E-state index contributed by atoms with van der Waals surface area (Å²) in [4.78, 5) is 19.2. The molecule has 0 aliphatic carbocycles. The van der Waals surface area contributed by atoms with Crippen LogP contribution in [0.2, 0.25) is 0 Å². The van der Waals surface area contributed by atoms with Gasteiger partial charge in [0, 0.05) is 24.5 Å². The number of carbonyl (C=O) groups excluding carboxylic acids is 1. The standard InChI is InChI=1S/C40H44N4O7/c1-40(2)50-37-31(19-25-9-11-33-35(21-25)48-15-13-46-33)43(23-27-5-3-7-29(41)17-27)39(45)44(24-28-6-4-8-30(42)18-28)32(38(37)51-40)20-26-10-12-34-36(22-26)49-16-14-47-34/h3-12,17-18,21-22,31-32,37-38H,13-16,19-20,23-24,41-42H2,1-2H3/t31-,32-,37+,38+/m1/s1. The van der Waals surface area contributed by atoms with Crippen molar-refractivity contribution in [1.82, 2.24) is 9.80 Å². The van der Waals surface area contributed by atoms with Crippen LogP contribution in [-0.2, 0) is 35.4 Å². The van der Waals surface area contributed by atoms with Gasteiger partial charge in [0.15, 0.2) is 28.8 Å². The molecule has 0 spiro atoms. The first kappa shape index (κ1) is 33.0. The van der Waals surface area contributed by atoms with Gasteiger partial charge in [-0.1, -0.05) is 36.4 Å². The average molecular weight is 693 g/mol. The van der Waals surface area contributed by atoms with E-state index in [2.05, 4.69) is 0 Å². The highest BCUT2D eigenvalue weighted by Gasteiger charge is 2.55. The van der Waals surface area contributed by atoms with Crippen molar-refractivity contribution in [1.29, 1.82) is 0 Å². The molecular formula is C40H44N4O7. The number of hydrogen-bond donors (Lipinski definition) is 2. The van der Waals surface area contributed by atoms with E-state index >= 15 is 4.79 Å². The van der Waals surface area contributed by atoms with Gasteiger partial charge < -0.3 is 49.7 Å². The molecule has 0 unspecified atom stereocenters. The Morgan fingerprint density at radius 3 is 1.45 bits per heavy atom. The SMILES string of the molecule is CC1(C)O[C@@H]2[C@@H](O1)[C@@H](Cc1ccc3c(c1)OCCO3)N(Cc1cccc(N)c1)C(=O)N(Cc1cccc(N)c1)[C@@H]2Cc1ccc2c(c1)OCCO2. The molecule has 2 fully saturated rings. The first-order chi connectivity index (χ1) is 24.7. The van der Waals surface area contributed by atoms with Gasteiger partial charge in [0.2, 0.25) is 0 Å². The van der Waals surface area contributed by atoms with E-state index in [-0.39, 0.29) is 6.03 Å². The molecule has 4 atom stereocenters. The molecule has 4 aromatic carbocycles. The number of urea groups is 1. The van der Waals surface area contributed by atoms with Gasteiger partial charge in [-0.25, -0.2) is 4.79 Å². The van der Waals surface area contributed by atoms with Crippen molar-refractivity contribution in [3.05, 3.63) is 107 Å². The van der Waals surface area contributed by atoms with E-state index in [4.69, 9.17) is 39.9 Å². The Labute approximate surface area is 297 Å². The first-order valence-corrected chi connectivity index (χ1v) is 17.6. The largest absolute Gasteiger partial charge is 0.486 e. The topological polar surface area (TPSA) is 131 Å². The highest BCUT2D eigenvalue weighted by Crippen LogP contribution is 2.42. The molecule has 4 aliphatic rings. The number of nitrogen functional groups attached to an aromatic ring is 2. The Balaban J connectivity index is 1.25. The average Bonchev–Trinajstić information content (AvgIpc) is 3.42. The Morgan fingerprint density at radius 1 is 0.588 bits per heavy atom. The van der Waals surface area contributed by atoms with Crippen LogP contribution in [0, 0.1) is 0 Å². The molecule has 0 aromatic heterocycles. The summed E-state index contributed by atoms with van der Waals surface area (Å²) in [5, 5.41) is 0. The normalized spacial score (nSPS) is 23.5. The summed E-state index contributed by atoms with van der Waals surface area (Å²) in [5.41, 5.74) is 17.6. The van der Waals surface area contributed by atoms with Gasteiger partial charge >= 0.3 is 6.03 Å². The summed E-state index contributed by atoms with van der Waals surface area (Å²) in [6, 6.07) is 26.4. The maximum absolute atomic E-state index is 15.4. The Morgan fingerprint density at radius 2 is 1.02 bits per heavy atom. The predicted molar refractivity (Wildman–Crippen MR) is 192 cm³/mol. The number of fused-ring (bicyclic) bond motifs is 3. The molecule has 4 aliphatic heterocycles. The maximum Gasteiger partial charge on any atom is 0.321 e. The molecule has 2 saturated heterocycles. The highest BCUT2D eigenvalue weighted by molar-refractivity contribution is 5.76. The number of hydrogen-bond acceptors (Lipinski definition) is 9. The Kier molecular flexibility index (Phi) is 8.77. The first-order valence-electron chi connectivity index (χ1n) is 17.6. The smallest absolute Gasteiger partial charge is 0.321 e. The quantitative estimate of drug-likeness (QED) is 0.228. The van der Waals surface area contributed by atoms with E-state index in [9.17, 15) is 0 Å². The van der Waals surface area contributed by atoms with Gasteiger partial charge in [0.1, 0.15) is 38.6 Å². The van der Waals surface area contributed by atoms with Gasteiger partial charge in [0.25, 0.3) is 0 Å². The summed E-state index contributed by atoms with van der Waals surface area (Å²) in [6.07, 6.45) is 0.0278. The Bertz CT molecular complexity index is 1780. The van der Waals surface area contributed by atoms with Crippen LogP contribution in [0.25, 0.3) is 0 Å². The van der Waals surface area contributed by atoms with Crippen molar-refractivity contribution in [2.24, 2.45) is 0 Å². The molecule has 4 heterocycles. The van der Waals surface area contributed by atoms with Crippen LogP contribution in [0.4, 0.5) is 16.2 Å². The fraction of sp³-hybridized carbons (Fsp3) is 0.375. The van der Waals surface area contributed by atoms with Gasteiger partial charge in [-0.2, -0.15) is 0 Å². The number of ether oxygens (including phenoxy) is 6. The lowest BCUT2D eigenvalue weighted by Crippen LogP contribution is -2.51. The molecule has 4 aromatic rings. The van der Waals surface area contributed by atoms with Gasteiger partial charge in [-0.15, -0.1) is 0 Å². The Hall–Kier alpha value is -5.13. The van der Waals surface area contributed by atoms with Crippen molar-refractivity contribution in [2.45, 2.75) is 69.9 Å². The van der Waals surface area contributed by atoms with Crippen molar-refractivity contribution in [2.75, 3.05) is 37.9 Å². The summed E-state index contributed by atoms with van der Waals surface area (Å²) < 4.78 is 37.3. The zero-order valence-electron chi connectivity index (χ0n) is 29.0. The van der Waals surface area contributed by atoms with Crippen LogP contribution in [-0.4, -0.2) is 72.3 Å². The van der Waals surface area contributed by atoms with Gasteiger partial charge in [-0.3, -0.25) is 0 Å². The van der Waals surface area contributed by atoms with Crippen LogP contribution in [0.5, 0.6) is 23.0 Å². The monoisotopic (exact) mass is 692 g/mol. The van der Waals surface area contributed by atoms with Crippen LogP contribution in [0.3, 0.4) is 0 Å². The third-order valence-corrected chi connectivity index (χ3v) is 9.92. The van der Waals surface area contributed by atoms with Crippen molar-refractivity contribution in [3.63, 3.8) is 0 Å². The number of nitrogens with zero attached hydrogens (tertiary/aromatic N) is 2. The molecule has 8 rings (SSSR count). The lowest BCUT2D eigenvalue weighted by Gasteiger charge is -2.37. The molecular weight excluding hydrogens is 648 g/mol. The van der Waals surface area contributed by atoms with Gasteiger partial charge in [0.05, 0.1) is 12.1 Å². The van der Waals surface area contributed by atoms with E-state index in [1.807, 2.05) is 109 Å². The maximum atomic E-state index is 15.4. The van der Waals surface area contributed by atoms with Gasteiger partial charge in [-0.05, 0) is 97.5 Å². The molecule has 0 bridgehead atoms. The molecule has 0 saturated carbocycles. The minimum atomic E-state index is -0.905. The number of amides is 2. The van der Waals surface area contributed by atoms with Crippen molar-refractivity contribution < 1.29 is 33.2 Å². The second-order valence-electron chi connectivity index (χ2n) is 14.1. The van der Waals surface area contributed by atoms with E-state index in [0.717, 1.165) is 22.3 Å². The second kappa shape index (κ2) is 13.5. The summed E-state index contributed by atoms with van der Waals surface area (Å²) in [7, 11) is 0. The molecule has 11 heteroatoms. The summed E-state index contributed by atoms with van der Waals surface area (Å²) in [6.45, 7) is 6.50. The van der Waals surface area contributed by atoms with Crippen molar-refractivity contribution >= 4 is 17.4 Å². The molecule has 4 N–H and O–H groups in total. The second-order valence-corrected chi connectivity index (χ2v) is 14.1. The fourth-order valence-electron chi connectivity index (χ4n) is 7.73. The number of nitrogens with two attached hydrogens (primary N) is 2. The number of anilines is 2. The molecule has 266 valence electrons. The third kappa shape index (κ3) is 6.96. The summed E-state index contributed by atoms with van der Waals surface area (Å²) >= 11 is 0. The molecule has 51 heavy (non-hydrogen) atoms. The zero-order valence-corrected chi connectivity index (χ0v) is 29.0. The number of carbonyl (C=O) groups is 1. The van der Waals surface area contributed by atoms with E-state index in [1.165, 1.54) is 0 Å². The summed E-state index contributed by atoms with van der Waals surface area (Å²) in [5.74, 6) is 1.91. The fourth-order valence-corrected chi connectivity index (χ4v) is 7.73. The van der Waals surface area contributed by atoms with E-state index < -0.39 is 30.1 Å². The molecule has 11 nitrogen and oxygen atoms in total. The van der Waals surface area contributed by atoms with Crippen molar-refractivity contribution in [3.8, 4) is 23.0 Å². The lowest BCUT2D eigenvalue weighted by atomic mass is 9.90. The van der Waals surface area contributed by atoms with Crippen LogP contribution >= 0.6 is 0 Å². The number of benzene rings is 4. The molecule has 2 amide bonds. The highest BCUT2D eigenvalue weighted by atomic mass is 16.8. The van der Waals surface area contributed by atoms with Crippen LogP contribution < -0.4 is 30.4 Å². The van der Waals surface area contributed by atoms with Crippen LogP contribution in [0.15, 0.2) is 84.9 Å². The minimum absolute atomic E-state index is 0.135. The van der Waals surface area contributed by atoms with Crippen LogP contribution in [0.1, 0.15) is 36.1 Å². The van der Waals surface area contributed by atoms with E-state index in [0.29, 0.717) is 86.7 Å².